The Balaban J connectivity index is 1.53. The molecule has 12 heteroatoms. The summed E-state index contributed by atoms with van der Waals surface area (Å²) in [6, 6.07) is 3.90. The van der Waals surface area contributed by atoms with Crippen molar-refractivity contribution in [2.45, 2.75) is 20.4 Å². The largest absolute Gasteiger partial charge is 0.383 e. The zero-order chi connectivity index (χ0) is 24.5. The number of aryl methyl sites for hydroxylation is 2. The molecule has 2 heterocycles. The number of aromatic nitrogens is 4. The summed E-state index contributed by atoms with van der Waals surface area (Å²) in [5, 5.41) is 6.62. The van der Waals surface area contributed by atoms with Crippen LogP contribution in [0.1, 0.15) is 11.1 Å². The van der Waals surface area contributed by atoms with Crippen LogP contribution in [-0.2, 0) is 20.8 Å². The monoisotopic (exact) mass is 490 g/mol. The van der Waals surface area contributed by atoms with Crippen LogP contribution >= 0.6 is 12.2 Å². The van der Waals surface area contributed by atoms with Gasteiger partial charge in [0.2, 0.25) is 0 Å². The smallest absolute Gasteiger partial charge is 0.349 e. The van der Waals surface area contributed by atoms with Crippen molar-refractivity contribution in [3.63, 3.8) is 0 Å². The van der Waals surface area contributed by atoms with E-state index in [-0.39, 0.29) is 11.5 Å². The van der Waals surface area contributed by atoms with E-state index in [9.17, 15) is 9.59 Å². The fourth-order valence-corrected chi connectivity index (χ4v) is 3.52. The molecule has 0 spiro atoms. The lowest BCUT2D eigenvalue weighted by Gasteiger charge is -2.17. The summed E-state index contributed by atoms with van der Waals surface area (Å²) in [6.45, 7) is 7.87. The number of H-pyrrole nitrogens is 1. The summed E-state index contributed by atoms with van der Waals surface area (Å²) in [6.07, 6.45) is 0. The first-order valence-corrected chi connectivity index (χ1v) is 11.4. The number of aromatic amines is 1. The highest BCUT2D eigenvalue weighted by Crippen LogP contribution is 2.23. The van der Waals surface area contributed by atoms with Crippen molar-refractivity contribution in [2.24, 2.45) is 0 Å². The van der Waals surface area contributed by atoms with Crippen molar-refractivity contribution in [1.29, 1.82) is 0 Å². The molecule has 0 atom stereocenters. The first-order valence-electron chi connectivity index (χ1n) is 11.0. The molecule has 0 amide bonds. The van der Waals surface area contributed by atoms with Gasteiger partial charge in [0.15, 0.2) is 16.6 Å². The van der Waals surface area contributed by atoms with Crippen molar-refractivity contribution in [3.05, 3.63) is 44.1 Å². The Morgan fingerprint density at radius 3 is 2.41 bits per heavy atom. The van der Waals surface area contributed by atoms with E-state index in [0.717, 1.165) is 16.6 Å². The number of nitrogens with zero attached hydrogens (tertiary/aromatic N) is 3. The van der Waals surface area contributed by atoms with E-state index in [1.54, 1.807) is 7.11 Å². The van der Waals surface area contributed by atoms with Gasteiger partial charge in [0, 0.05) is 26.7 Å². The predicted molar refractivity (Wildman–Crippen MR) is 133 cm³/mol. The SMILES string of the molecule is COCCNC(=S)NCCOCCOCCn1c2nc(=O)[nH]c(=O)c-2nc2cc(C)c(C)cc21. The van der Waals surface area contributed by atoms with Crippen molar-refractivity contribution in [2.75, 3.05) is 53.2 Å². The number of nitrogens with one attached hydrogen (secondary N) is 3. The summed E-state index contributed by atoms with van der Waals surface area (Å²) < 4.78 is 18.0. The van der Waals surface area contributed by atoms with E-state index >= 15 is 0 Å². The highest BCUT2D eigenvalue weighted by Gasteiger charge is 2.19. The molecule has 0 saturated heterocycles. The van der Waals surface area contributed by atoms with Gasteiger partial charge in [0.05, 0.1) is 44.1 Å². The Hall–Kier alpha value is -2.93. The normalized spacial score (nSPS) is 11.3. The van der Waals surface area contributed by atoms with Gasteiger partial charge in [-0.25, -0.2) is 9.78 Å². The van der Waals surface area contributed by atoms with Gasteiger partial charge in [0.25, 0.3) is 5.56 Å². The molecule has 2 aliphatic heterocycles. The van der Waals surface area contributed by atoms with Crippen LogP contribution in [-0.4, -0.2) is 77.9 Å². The van der Waals surface area contributed by atoms with Gasteiger partial charge in [-0.3, -0.25) is 9.78 Å². The van der Waals surface area contributed by atoms with Crippen LogP contribution < -0.4 is 21.9 Å². The molecule has 0 radical (unpaired) electrons. The zero-order valence-corrected chi connectivity index (χ0v) is 20.4. The first-order chi connectivity index (χ1) is 16.4. The molecule has 0 aliphatic carbocycles. The predicted octanol–water partition coefficient (Wildman–Crippen LogP) is 0.345. The minimum absolute atomic E-state index is 0.126. The van der Waals surface area contributed by atoms with Gasteiger partial charge in [-0.15, -0.1) is 0 Å². The lowest BCUT2D eigenvalue weighted by Crippen LogP contribution is -2.38. The van der Waals surface area contributed by atoms with E-state index in [1.165, 1.54) is 0 Å². The Morgan fingerprint density at radius 2 is 1.68 bits per heavy atom. The average Bonchev–Trinajstić information content (AvgIpc) is 2.79. The van der Waals surface area contributed by atoms with Crippen molar-refractivity contribution < 1.29 is 14.2 Å². The summed E-state index contributed by atoms with van der Waals surface area (Å²) in [4.78, 5) is 34.8. The second kappa shape index (κ2) is 12.5. The third-order valence-corrected chi connectivity index (χ3v) is 5.47. The lowest BCUT2D eigenvalue weighted by atomic mass is 10.1. The maximum absolute atomic E-state index is 12.3. The van der Waals surface area contributed by atoms with Gasteiger partial charge in [-0.2, -0.15) is 4.98 Å². The number of hydrogen-bond acceptors (Lipinski definition) is 8. The third kappa shape index (κ3) is 6.79. The van der Waals surface area contributed by atoms with Crippen LogP contribution in [0.4, 0.5) is 0 Å². The summed E-state index contributed by atoms with van der Waals surface area (Å²) in [5.74, 6) is 0.241. The molecule has 1 aromatic rings. The molecule has 184 valence electrons. The molecule has 0 bridgehead atoms. The molecule has 0 aromatic heterocycles. The zero-order valence-electron chi connectivity index (χ0n) is 19.6. The Labute approximate surface area is 202 Å². The highest BCUT2D eigenvalue weighted by molar-refractivity contribution is 7.80. The van der Waals surface area contributed by atoms with E-state index < -0.39 is 11.2 Å². The van der Waals surface area contributed by atoms with Gasteiger partial charge in [0.1, 0.15) is 0 Å². The maximum Gasteiger partial charge on any atom is 0.349 e. The van der Waals surface area contributed by atoms with Gasteiger partial charge < -0.3 is 29.4 Å². The van der Waals surface area contributed by atoms with Crippen LogP contribution in [0.3, 0.4) is 0 Å². The molecule has 3 rings (SSSR count). The van der Waals surface area contributed by atoms with Crippen molar-refractivity contribution >= 4 is 28.4 Å². The van der Waals surface area contributed by atoms with Crippen molar-refractivity contribution in [1.82, 2.24) is 30.2 Å². The number of thiocarbonyl (C=S) groups is 1. The number of fused-ring (bicyclic) bond motifs is 2. The van der Waals surface area contributed by atoms with Gasteiger partial charge in [-0.05, 0) is 49.3 Å². The number of methoxy groups -OCH3 is 1. The molecule has 1 aromatic carbocycles. The standard InChI is InChI=1S/C22H30N6O5S/c1-14-12-16-17(13-15(14)2)28(19-18(25-16)20(29)27-21(30)26-19)6-9-33-11-10-32-8-5-24-22(34)23-4-7-31-3/h12-13H,4-11H2,1-3H3,(H2,23,24,34)(H,27,29,30). The number of hydrogen-bond donors (Lipinski definition) is 3. The molecular formula is C22H30N6O5S. The van der Waals surface area contributed by atoms with E-state index in [0.29, 0.717) is 63.3 Å². The molecule has 11 nitrogen and oxygen atoms in total. The Morgan fingerprint density at radius 1 is 1.00 bits per heavy atom. The van der Waals surface area contributed by atoms with E-state index in [4.69, 9.17) is 26.4 Å². The molecule has 2 aliphatic rings. The highest BCUT2D eigenvalue weighted by atomic mass is 32.1. The van der Waals surface area contributed by atoms with Crippen molar-refractivity contribution in [3.8, 4) is 11.5 Å². The van der Waals surface area contributed by atoms with Gasteiger partial charge in [-0.1, -0.05) is 0 Å². The van der Waals surface area contributed by atoms with Crippen LogP contribution in [0.25, 0.3) is 22.6 Å². The molecule has 0 saturated carbocycles. The number of benzene rings is 1. The third-order valence-electron chi connectivity index (χ3n) is 5.18. The quantitative estimate of drug-likeness (QED) is 0.186. The van der Waals surface area contributed by atoms with Crippen LogP contribution in [0.5, 0.6) is 0 Å². The Kier molecular flexibility index (Phi) is 9.45. The average molecular weight is 491 g/mol. The molecule has 3 N–H and O–H groups in total. The minimum atomic E-state index is -0.701. The summed E-state index contributed by atoms with van der Waals surface area (Å²) >= 11 is 5.14. The maximum atomic E-state index is 12.3. The lowest BCUT2D eigenvalue weighted by molar-refractivity contribution is 0.0471. The Bertz CT molecular complexity index is 1210. The van der Waals surface area contributed by atoms with Crippen LogP contribution in [0, 0.1) is 13.8 Å². The second-order valence-electron chi connectivity index (χ2n) is 7.63. The topological polar surface area (TPSA) is 132 Å². The molecular weight excluding hydrogens is 460 g/mol. The van der Waals surface area contributed by atoms with Crippen LogP contribution in [0.2, 0.25) is 0 Å². The molecule has 34 heavy (non-hydrogen) atoms. The minimum Gasteiger partial charge on any atom is -0.383 e. The van der Waals surface area contributed by atoms with E-state index in [1.807, 2.05) is 30.5 Å². The first kappa shape index (κ1) is 25.7. The van der Waals surface area contributed by atoms with Crippen LogP contribution in [0.15, 0.2) is 21.7 Å². The second-order valence-corrected chi connectivity index (χ2v) is 8.04. The fraction of sp³-hybridized carbons (Fsp3) is 0.500. The summed E-state index contributed by atoms with van der Waals surface area (Å²) in [7, 11) is 1.64. The summed E-state index contributed by atoms with van der Waals surface area (Å²) in [5.41, 5.74) is 2.45. The molecule has 0 unspecified atom stereocenters. The fourth-order valence-electron chi connectivity index (χ4n) is 3.32. The van der Waals surface area contributed by atoms with E-state index in [2.05, 4.69) is 25.6 Å². The number of rotatable bonds is 12. The number of ether oxygens (including phenoxy) is 3. The van der Waals surface area contributed by atoms with Gasteiger partial charge >= 0.3 is 5.69 Å². The molecule has 0 fully saturated rings.